The van der Waals surface area contributed by atoms with E-state index in [1.54, 1.807) is 20.8 Å². The van der Waals surface area contributed by atoms with E-state index in [9.17, 15) is 43.6 Å². The number of aliphatic hydroxyl groups is 1. The van der Waals surface area contributed by atoms with Gasteiger partial charge in [0, 0.05) is 27.5 Å². The lowest BCUT2D eigenvalue weighted by Crippen LogP contribution is -2.57. The number of aromatic amines is 2. The average molecular weight is 1860 g/mol. The number of aliphatic hydroxyl groups excluding tert-OH is 1. The fourth-order valence-corrected chi connectivity index (χ4v) is 21.1. The maximum atomic E-state index is 15.3. The Kier molecular flexibility index (Phi) is 25.9. The number of fused-ring (bicyclic) bond motifs is 8. The Bertz CT molecular complexity index is 5650. The van der Waals surface area contributed by atoms with Crippen molar-refractivity contribution in [3.8, 4) is 0 Å². The third-order valence-electron chi connectivity index (χ3n) is 22.2. The lowest BCUT2D eigenvalue weighted by atomic mass is 9.91. The molecule has 0 spiro atoms. The molecule has 8 aliphatic heterocycles. The number of amides is 2. The zero-order valence-electron chi connectivity index (χ0n) is 66.5. The van der Waals surface area contributed by atoms with Crippen molar-refractivity contribution in [2.75, 3.05) is 110 Å². The SMILES string of the molecule is CC[C@]12O[C@@H](n3cnc4c(N)ncnc43)C(O[C@H]1C)[C@H]2OP(=O)(O)OC[C@]12O[C@@H](n3cnc4c(=O)[nH]c(N)nc43)C(O[C@H]1C)[C@H]2OP(=O)(O)OC[C@H]1O[C@@H](n2cnc3c(=O)[nH]c(N)nc32)C(OCCOC)[C@H]1OP(O)(=S)OC[C@H]1O[C@@H](n2cnc3c(N)ncnc32)C(OCCOC)[C@H]1OP(O)(=S)OC[C@H]1O[C@@H](N2C=C(C)C(N)NC2=O)C(OCCOC)[C@H]1O. The number of H-pyrrole nitrogens is 2. The molecule has 60 heteroatoms. The summed E-state index contributed by atoms with van der Waals surface area (Å²) in [6.45, 7) is -7.44. The van der Waals surface area contributed by atoms with Crippen LogP contribution in [0.2, 0.25) is 0 Å². The molecular formula is C64H89N23O31P4S2. The van der Waals surface area contributed by atoms with Crippen molar-refractivity contribution in [3.63, 3.8) is 0 Å². The minimum Gasteiger partial charge on any atom is -0.387 e. The largest absolute Gasteiger partial charge is 0.472 e. The second-order valence-corrected chi connectivity index (χ2v) is 38.0. The molecular weight excluding hydrogens is 1770 g/mol. The predicted octanol–water partition coefficient (Wildman–Crippen LogP) is -1.79. The van der Waals surface area contributed by atoms with Crippen molar-refractivity contribution >= 4 is 127 Å². The van der Waals surface area contributed by atoms with E-state index in [1.807, 2.05) is 0 Å². The highest BCUT2D eigenvalue weighted by Gasteiger charge is 2.71. The van der Waals surface area contributed by atoms with Gasteiger partial charge in [-0.05, 0) is 56.4 Å². The molecule has 7 saturated heterocycles. The van der Waals surface area contributed by atoms with E-state index in [0.29, 0.717) is 5.57 Å². The number of hydrogen-bond acceptors (Lipinski definition) is 44. The van der Waals surface area contributed by atoms with Crippen LogP contribution in [0.15, 0.2) is 59.3 Å². The highest BCUT2D eigenvalue weighted by atomic mass is 32.5. The minimum absolute atomic E-state index is 0.0318. The summed E-state index contributed by atoms with van der Waals surface area (Å²) in [6.07, 6.45) is -20.6. The number of nitrogens with two attached hydrogens (primary N) is 5. The third kappa shape index (κ3) is 17.2. The molecule has 16 heterocycles. The molecule has 7 fully saturated rings. The van der Waals surface area contributed by atoms with Gasteiger partial charge >= 0.3 is 35.1 Å². The molecule has 0 radical (unpaired) electrons. The number of rotatable bonds is 38. The molecule has 18 N–H and O–H groups in total. The second-order valence-electron chi connectivity index (χ2n) is 29.6. The Morgan fingerprint density at radius 1 is 0.516 bits per heavy atom. The smallest absolute Gasteiger partial charge is 0.387 e. The number of aromatic nitrogens is 16. The van der Waals surface area contributed by atoms with Gasteiger partial charge in [-0.3, -0.25) is 69.9 Å². The van der Waals surface area contributed by atoms with Crippen LogP contribution in [0.3, 0.4) is 0 Å². The number of imidazole rings is 4. The van der Waals surface area contributed by atoms with Gasteiger partial charge < -0.3 is 129 Å². The average Bonchev–Trinajstić information content (AvgIpc) is 1.55. The van der Waals surface area contributed by atoms with Crippen molar-refractivity contribution in [2.45, 2.75) is 174 Å². The monoisotopic (exact) mass is 1860 g/mol. The van der Waals surface area contributed by atoms with Crippen molar-refractivity contribution in [3.05, 3.63) is 70.4 Å². The molecule has 124 heavy (non-hydrogen) atoms. The van der Waals surface area contributed by atoms with Crippen LogP contribution in [-0.2, 0) is 131 Å². The maximum absolute atomic E-state index is 15.3. The predicted molar refractivity (Wildman–Crippen MR) is 425 cm³/mol. The first-order valence-corrected chi connectivity index (χ1v) is 46.4. The lowest BCUT2D eigenvalue weighted by molar-refractivity contribution is -0.215. The summed E-state index contributed by atoms with van der Waals surface area (Å²) in [5.41, 5.74) is 25.8. The fourth-order valence-electron chi connectivity index (χ4n) is 16.2. The van der Waals surface area contributed by atoms with Crippen molar-refractivity contribution in [1.82, 2.24) is 88.3 Å². The number of methoxy groups -OCH3 is 3. The van der Waals surface area contributed by atoms with Crippen LogP contribution >= 0.6 is 29.1 Å². The first-order valence-electron chi connectivity index (χ1n) is 38.2. The molecule has 4 bridgehead atoms. The van der Waals surface area contributed by atoms with Gasteiger partial charge in [-0.25, -0.2) is 53.8 Å². The summed E-state index contributed by atoms with van der Waals surface area (Å²) < 4.78 is 165. The Morgan fingerprint density at radius 2 is 0.935 bits per heavy atom. The van der Waals surface area contributed by atoms with Gasteiger partial charge in [0.15, 0.2) is 76.4 Å². The van der Waals surface area contributed by atoms with Crippen molar-refractivity contribution in [2.24, 2.45) is 5.73 Å². The Hall–Kier alpha value is -7.31. The summed E-state index contributed by atoms with van der Waals surface area (Å²) in [6, 6.07) is -0.687. The number of anilines is 4. The number of hydrogen-bond donors (Lipinski definition) is 13. The zero-order valence-corrected chi connectivity index (χ0v) is 71.7. The summed E-state index contributed by atoms with van der Waals surface area (Å²) in [5, 5.41) is 14.4. The standard InChI is InChI=1S/C64H89N23O31P4S2/c1-8-63-27(3)108-42(58(113-63)85-23-75-33-48(67)71-21-73-50(33)85)44(63)117-120(94,95)107-19-64-28(4)109-43(59(114-64)87-25-77-35-52(87)80-61(69)82-54(35)90)45(64)118-119(92,93)104-17-30-37(41(103-14-11-100-7)57(111-30)86-24-76-34-51(86)79-60(68)81-53(34)89)115-122(97,124)106-18-31-38(40(102-13-10-99-6)56(112-31)84-22-74-32-47(66)70-20-72-49(32)84)116-121(96,123)105-16-29-36(88)39(101-12-9-98-5)55(110-29)83-15-26(2)46(65)78-62(83)91/h15,20-25,27-31,36-46,55-59,88H,8-14,16-19,65H2,1-7H3,(H,78,91)(H,92,93)(H,94,95)(H,96,123)(H,97,124)(H2,66,70,72)(H2,67,71,73)(H3,68,79,81,89)(H3,69,80,82,90)/t27-,28-,29+,30+,31+,36-,37-,38-,39?,40?,41?,42?,43?,44+,45+,46?,55+,56+,57+,58+,59+,63-,64-,121?,122?/m0/s1. The molecule has 27 atom stereocenters. The number of ether oxygens (including phenoxy) is 13. The third-order valence-corrected chi connectivity index (χ3v) is 27.2. The molecule has 8 aromatic rings. The molecule has 54 nitrogen and oxygen atoms in total. The van der Waals surface area contributed by atoms with Gasteiger partial charge in [-0.2, -0.15) is 9.97 Å². The van der Waals surface area contributed by atoms with Crippen molar-refractivity contribution < 1.29 is 136 Å². The van der Waals surface area contributed by atoms with Crippen LogP contribution < -0.4 is 45.1 Å². The maximum Gasteiger partial charge on any atom is 0.472 e. The number of nitrogens with one attached hydrogen (secondary N) is 3. The van der Waals surface area contributed by atoms with Gasteiger partial charge in [0.2, 0.25) is 11.9 Å². The molecule has 2 amide bonds. The molecule has 678 valence electrons. The number of nitrogen functional groups attached to an aromatic ring is 4. The summed E-state index contributed by atoms with van der Waals surface area (Å²) >= 11 is 11.6. The van der Waals surface area contributed by atoms with Crippen LogP contribution in [0.1, 0.15) is 59.0 Å². The molecule has 10 unspecified atom stereocenters. The number of nitrogens with zero attached hydrogens (tertiary/aromatic N) is 15. The minimum atomic E-state index is -5.75. The van der Waals surface area contributed by atoms with E-state index >= 15 is 4.57 Å². The van der Waals surface area contributed by atoms with Gasteiger partial charge in [-0.15, -0.1) is 0 Å². The van der Waals surface area contributed by atoms with E-state index in [-0.39, 0.29) is 114 Å². The molecule has 16 rings (SSSR count). The van der Waals surface area contributed by atoms with E-state index in [1.165, 1.54) is 71.7 Å². The second kappa shape index (κ2) is 35.6. The van der Waals surface area contributed by atoms with E-state index in [0.717, 1.165) is 23.9 Å². The van der Waals surface area contributed by atoms with Gasteiger partial charge in [0.25, 0.3) is 11.1 Å². The summed E-state index contributed by atoms with van der Waals surface area (Å²) in [4.78, 5) is 138. The number of carbonyl (C=O) groups is 1. The number of carbonyl (C=O) groups excluding carboxylic acids is 1. The summed E-state index contributed by atoms with van der Waals surface area (Å²) in [5.74, 6) is -0.686. The molecule has 0 aliphatic carbocycles. The topological polar surface area (TPSA) is 706 Å². The lowest BCUT2D eigenvalue weighted by Gasteiger charge is -2.37. The van der Waals surface area contributed by atoms with Crippen LogP contribution in [0.25, 0.3) is 44.7 Å². The fraction of sp³-hybridized carbons (Fsp3) is 0.641. The number of phosphoric ester groups is 2. The number of urea groups is 1. The molecule has 8 aromatic heterocycles. The van der Waals surface area contributed by atoms with Crippen LogP contribution in [0.4, 0.5) is 28.3 Å². The van der Waals surface area contributed by atoms with Gasteiger partial charge in [-0.1, -0.05) is 6.92 Å². The van der Waals surface area contributed by atoms with Crippen LogP contribution in [-0.4, -0.2) is 316 Å². The quantitative estimate of drug-likeness (QED) is 0.0150. The molecule has 0 saturated carbocycles. The van der Waals surface area contributed by atoms with Crippen LogP contribution in [0, 0.1) is 0 Å². The van der Waals surface area contributed by atoms with Crippen LogP contribution in [0.5, 0.6) is 0 Å². The highest BCUT2D eigenvalue weighted by Crippen LogP contribution is 2.63. The van der Waals surface area contributed by atoms with E-state index in [4.69, 9.17) is 150 Å². The van der Waals surface area contributed by atoms with Gasteiger partial charge in [0.05, 0.1) is 104 Å². The first-order chi connectivity index (χ1) is 59.1. The normalized spacial score (nSPS) is 33.7. The zero-order chi connectivity index (χ0) is 88.0. The van der Waals surface area contributed by atoms with E-state index in [2.05, 4.69) is 65.1 Å². The number of phosphoric acid groups is 2. The summed E-state index contributed by atoms with van der Waals surface area (Å²) in [7, 11) is -6.97. The Morgan fingerprint density at radius 3 is 1.44 bits per heavy atom. The Balaban J connectivity index is 0.689. The van der Waals surface area contributed by atoms with Gasteiger partial charge in [0.1, 0.15) is 120 Å². The van der Waals surface area contributed by atoms with Crippen molar-refractivity contribution in [1.29, 1.82) is 0 Å². The first kappa shape index (κ1) is 90.1. The van der Waals surface area contributed by atoms with E-state index < -0.39 is 213 Å². The molecule has 8 aliphatic rings. The highest BCUT2D eigenvalue weighted by molar-refractivity contribution is 8.07. The Labute approximate surface area is 709 Å². The molecule has 0 aromatic carbocycles.